The highest BCUT2D eigenvalue weighted by Gasteiger charge is 2.14. The molecular weight excluding hydrogens is 244 g/mol. The maximum Gasteiger partial charge on any atom is 0.423 e. The zero-order chi connectivity index (χ0) is 12.7. The number of benzene rings is 1. The van der Waals surface area contributed by atoms with Crippen molar-refractivity contribution in [2.45, 2.75) is 13.5 Å². The van der Waals surface area contributed by atoms with Crippen molar-refractivity contribution >= 4 is 16.4 Å². The zero-order valence-electron chi connectivity index (χ0n) is 9.34. The molecular formula is C10H14N2O4S. The van der Waals surface area contributed by atoms with Crippen molar-refractivity contribution in [3.05, 3.63) is 35.9 Å². The van der Waals surface area contributed by atoms with Gasteiger partial charge in [-0.05, 0) is 5.56 Å². The van der Waals surface area contributed by atoms with Crippen LogP contribution in [0.2, 0.25) is 0 Å². The molecule has 0 atom stereocenters. The molecule has 0 radical (unpaired) electrons. The summed E-state index contributed by atoms with van der Waals surface area (Å²) >= 11 is 0. The van der Waals surface area contributed by atoms with Gasteiger partial charge in [0.15, 0.2) is 0 Å². The molecule has 0 saturated heterocycles. The Kier molecular flexibility index (Phi) is 4.92. The van der Waals surface area contributed by atoms with E-state index in [9.17, 15) is 13.2 Å². The predicted octanol–water partition coefficient (Wildman–Crippen LogP) is 0.767. The van der Waals surface area contributed by atoms with Crippen molar-refractivity contribution in [1.82, 2.24) is 10.0 Å². The summed E-state index contributed by atoms with van der Waals surface area (Å²) in [5.74, 6) is 0. The molecule has 0 aromatic heterocycles. The van der Waals surface area contributed by atoms with Gasteiger partial charge in [0.25, 0.3) is 0 Å². The Bertz CT molecular complexity index is 458. The van der Waals surface area contributed by atoms with Gasteiger partial charge in [-0.2, -0.15) is 13.1 Å². The summed E-state index contributed by atoms with van der Waals surface area (Å²) in [5, 5.41) is 2.33. The molecule has 0 aliphatic carbocycles. The number of amides is 1. The van der Waals surface area contributed by atoms with E-state index in [1.54, 1.807) is 19.1 Å². The van der Waals surface area contributed by atoms with Gasteiger partial charge < -0.3 is 9.50 Å². The van der Waals surface area contributed by atoms with Crippen LogP contribution < -0.4 is 10.0 Å². The van der Waals surface area contributed by atoms with E-state index in [0.717, 1.165) is 5.56 Å². The number of nitrogens with one attached hydrogen (secondary N) is 2. The van der Waals surface area contributed by atoms with Crippen LogP contribution in [0.5, 0.6) is 0 Å². The molecule has 6 nitrogen and oxygen atoms in total. The standard InChI is InChI=1S/C10H14N2O4S/c1-2-12-17(14,15)16-10(13)11-8-9-6-4-3-5-7-9/h3-7,12H,2,8H2,1H3,(H,11,13). The molecule has 2 N–H and O–H groups in total. The fraction of sp³-hybridized carbons (Fsp3) is 0.300. The van der Waals surface area contributed by atoms with Crippen LogP contribution in [0.4, 0.5) is 4.79 Å². The molecule has 17 heavy (non-hydrogen) atoms. The topological polar surface area (TPSA) is 84.5 Å². The van der Waals surface area contributed by atoms with E-state index in [-0.39, 0.29) is 13.1 Å². The van der Waals surface area contributed by atoms with Crippen molar-refractivity contribution in [3.63, 3.8) is 0 Å². The van der Waals surface area contributed by atoms with Crippen LogP contribution in [0, 0.1) is 0 Å². The first-order valence-electron chi connectivity index (χ1n) is 5.04. The normalized spacial score (nSPS) is 10.9. The van der Waals surface area contributed by atoms with Gasteiger partial charge in [-0.1, -0.05) is 37.3 Å². The Labute approximate surface area is 100 Å². The van der Waals surface area contributed by atoms with Crippen LogP contribution in [-0.2, 0) is 21.0 Å². The minimum absolute atomic E-state index is 0.161. The van der Waals surface area contributed by atoms with Crippen LogP contribution in [0.25, 0.3) is 0 Å². The largest absolute Gasteiger partial charge is 0.423 e. The maximum atomic E-state index is 11.2. The van der Waals surface area contributed by atoms with Crippen molar-refractivity contribution in [1.29, 1.82) is 0 Å². The van der Waals surface area contributed by atoms with Gasteiger partial charge in [-0.15, -0.1) is 0 Å². The van der Waals surface area contributed by atoms with E-state index in [0.29, 0.717) is 0 Å². The fourth-order valence-corrected chi connectivity index (χ4v) is 1.78. The second-order valence-electron chi connectivity index (χ2n) is 3.16. The maximum absolute atomic E-state index is 11.2. The molecule has 7 heteroatoms. The molecule has 0 aliphatic heterocycles. The van der Waals surface area contributed by atoms with E-state index in [4.69, 9.17) is 0 Å². The smallest absolute Gasteiger partial charge is 0.316 e. The summed E-state index contributed by atoms with van der Waals surface area (Å²) in [6.45, 7) is 1.96. The number of rotatable bonds is 5. The molecule has 0 fully saturated rings. The molecule has 0 saturated carbocycles. The quantitative estimate of drug-likeness (QED) is 0.817. The van der Waals surface area contributed by atoms with Crippen molar-refractivity contribution in [2.24, 2.45) is 0 Å². The summed E-state index contributed by atoms with van der Waals surface area (Å²) in [7, 11) is -4.00. The average molecular weight is 258 g/mol. The van der Waals surface area contributed by atoms with Crippen LogP contribution in [-0.4, -0.2) is 21.1 Å². The van der Waals surface area contributed by atoms with Gasteiger partial charge in [-0.3, -0.25) is 0 Å². The van der Waals surface area contributed by atoms with Crippen molar-refractivity contribution < 1.29 is 17.4 Å². The summed E-state index contributed by atoms with van der Waals surface area (Å²) in [6.07, 6.45) is -1.00. The first-order valence-corrected chi connectivity index (χ1v) is 6.45. The third-order valence-electron chi connectivity index (χ3n) is 1.79. The molecule has 0 aliphatic rings. The van der Waals surface area contributed by atoms with Crippen molar-refractivity contribution in [2.75, 3.05) is 6.54 Å². The van der Waals surface area contributed by atoms with Crippen LogP contribution >= 0.6 is 0 Å². The third kappa shape index (κ3) is 5.32. The number of hydrogen-bond acceptors (Lipinski definition) is 4. The highest BCUT2D eigenvalue weighted by molar-refractivity contribution is 7.85. The molecule has 1 amide bonds. The first-order chi connectivity index (χ1) is 8.03. The van der Waals surface area contributed by atoms with E-state index in [1.165, 1.54) is 0 Å². The lowest BCUT2D eigenvalue weighted by Crippen LogP contribution is -2.33. The molecule has 0 unspecified atom stereocenters. The van der Waals surface area contributed by atoms with E-state index in [1.807, 2.05) is 22.9 Å². The van der Waals surface area contributed by atoms with Gasteiger partial charge in [-0.25, -0.2) is 4.79 Å². The zero-order valence-corrected chi connectivity index (χ0v) is 10.2. The lowest BCUT2D eigenvalue weighted by atomic mass is 10.2. The number of hydrogen-bond donors (Lipinski definition) is 2. The number of carbonyl (C=O) groups is 1. The minimum atomic E-state index is -4.00. The Morgan fingerprint density at radius 2 is 1.94 bits per heavy atom. The van der Waals surface area contributed by atoms with Gasteiger partial charge in [0, 0.05) is 13.1 Å². The van der Waals surface area contributed by atoms with Crippen LogP contribution in [0.15, 0.2) is 30.3 Å². The van der Waals surface area contributed by atoms with Gasteiger partial charge >= 0.3 is 16.4 Å². The van der Waals surface area contributed by atoms with Crippen LogP contribution in [0.1, 0.15) is 12.5 Å². The van der Waals surface area contributed by atoms with Gasteiger partial charge in [0.1, 0.15) is 0 Å². The SMILES string of the molecule is CCNS(=O)(=O)OC(=O)NCc1ccccc1. The summed E-state index contributed by atoms with van der Waals surface area (Å²) in [6, 6.07) is 9.09. The minimum Gasteiger partial charge on any atom is -0.316 e. The second kappa shape index (κ2) is 6.21. The summed E-state index contributed by atoms with van der Waals surface area (Å²) in [5.41, 5.74) is 0.852. The summed E-state index contributed by atoms with van der Waals surface area (Å²) in [4.78, 5) is 11.2. The Morgan fingerprint density at radius 1 is 1.29 bits per heavy atom. The first kappa shape index (κ1) is 13.5. The molecule has 0 bridgehead atoms. The fourth-order valence-electron chi connectivity index (χ4n) is 1.11. The Hall–Kier alpha value is -1.60. The molecule has 94 valence electrons. The van der Waals surface area contributed by atoms with Crippen molar-refractivity contribution in [3.8, 4) is 0 Å². The second-order valence-corrected chi connectivity index (χ2v) is 4.53. The lowest BCUT2D eigenvalue weighted by molar-refractivity contribution is 0.201. The van der Waals surface area contributed by atoms with E-state index >= 15 is 0 Å². The van der Waals surface area contributed by atoms with Gasteiger partial charge in [0.2, 0.25) is 0 Å². The predicted molar refractivity (Wildman–Crippen MR) is 62.4 cm³/mol. The molecule has 1 aromatic carbocycles. The highest BCUT2D eigenvalue weighted by atomic mass is 32.2. The van der Waals surface area contributed by atoms with E-state index < -0.39 is 16.4 Å². The monoisotopic (exact) mass is 258 g/mol. The molecule has 1 rings (SSSR count). The lowest BCUT2D eigenvalue weighted by Gasteiger charge is -2.06. The van der Waals surface area contributed by atoms with Crippen LogP contribution in [0.3, 0.4) is 0 Å². The Morgan fingerprint density at radius 3 is 2.53 bits per heavy atom. The molecule has 0 spiro atoms. The number of carbonyl (C=O) groups excluding carboxylic acids is 1. The molecule has 0 heterocycles. The summed E-state index contributed by atoms with van der Waals surface area (Å²) < 4.78 is 28.4. The average Bonchev–Trinajstić information content (AvgIpc) is 2.27. The van der Waals surface area contributed by atoms with Gasteiger partial charge in [0.05, 0.1) is 0 Å². The highest BCUT2D eigenvalue weighted by Crippen LogP contribution is 1.98. The Balaban J connectivity index is 2.41. The molecule has 1 aromatic rings. The van der Waals surface area contributed by atoms with E-state index in [2.05, 4.69) is 9.50 Å². The third-order valence-corrected chi connectivity index (χ3v) is 2.80.